The lowest BCUT2D eigenvalue weighted by Gasteiger charge is -2.16. The van der Waals surface area contributed by atoms with E-state index >= 15 is 0 Å². The maximum Gasteiger partial charge on any atom is 0.269 e. The molecule has 1 N–H and O–H groups in total. The van der Waals surface area contributed by atoms with Crippen molar-refractivity contribution in [3.8, 4) is 0 Å². The van der Waals surface area contributed by atoms with Gasteiger partial charge in [-0.2, -0.15) is 0 Å². The second kappa shape index (κ2) is 7.97. The minimum absolute atomic E-state index is 0.0437. The first-order valence-electron chi connectivity index (χ1n) is 8.48. The molecule has 0 aliphatic carbocycles. The van der Waals surface area contributed by atoms with Crippen molar-refractivity contribution in [2.24, 2.45) is 0 Å². The molecule has 7 nitrogen and oxygen atoms in total. The Morgan fingerprint density at radius 2 is 2.00 bits per heavy atom. The molecule has 1 saturated heterocycles. The van der Waals surface area contributed by atoms with E-state index in [1.807, 2.05) is 29.2 Å². The summed E-state index contributed by atoms with van der Waals surface area (Å²) in [5.74, 6) is 0.172. The molecule has 0 unspecified atom stereocenters. The van der Waals surface area contributed by atoms with Crippen molar-refractivity contribution in [3.63, 3.8) is 0 Å². The number of anilines is 2. The summed E-state index contributed by atoms with van der Waals surface area (Å²) in [6.45, 7) is 1.64. The van der Waals surface area contributed by atoms with Gasteiger partial charge in [0.05, 0.1) is 11.5 Å². The van der Waals surface area contributed by atoms with Crippen LogP contribution in [0, 0.1) is 10.1 Å². The molecular weight excluding hydrogens is 334 g/mol. The summed E-state index contributed by atoms with van der Waals surface area (Å²) in [5.41, 5.74) is 3.56. The number of nitro benzene ring substituents is 1. The molecular formula is C19H21N3O4. The molecule has 0 atom stereocenters. The van der Waals surface area contributed by atoms with E-state index in [1.165, 1.54) is 12.1 Å². The van der Waals surface area contributed by atoms with E-state index in [1.54, 1.807) is 13.2 Å². The van der Waals surface area contributed by atoms with Crippen molar-refractivity contribution in [2.75, 3.05) is 23.9 Å². The number of amides is 1. The van der Waals surface area contributed by atoms with Gasteiger partial charge in [0, 0.05) is 55.7 Å². The first-order valence-corrected chi connectivity index (χ1v) is 8.48. The predicted molar refractivity (Wildman–Crippen MR) is 99.2 cm³/mol. The highest BCUT2D eigenvalue weighted by atomic mass is 16.6. The van der Waals surface area contributed by atoms with E-state index in [4.69, 9.17) is 4.74 Å². The molecule has 1 aliphatic rings. The number of carbonyl (C=O) groups excluding carboxylic acids is 1. The molecule has 0 saturated carbocycles. The zero-order valence-corrected chi connectivity index (χ0v) is 14.6. The van der Waals surface area contributed by atoms with Gasteiger partial charge in [0.25, 0.3) is 5.69 Å². The number of methoxy groups -OCH3 is 1. The average Bonchev–Trinajstić information content (AvgIpc) is 3.07. The van der Waals surface area contributed by atoms with Crippen LogP contribution >= 0.6 is 0 Å². The molecule has 0 spiro atoms. The van der Waals surface area contributed by atoms with Crippen LogP contribution in [0.15, 0.2) is 42.5 Å². The summed E-state index contributed by atoms with van der Waals surface area (Å²) in [7, 11) is 1.56. The van der Waals surface area contributed by atoms with Gasteiger partial charge in [-0.3, -0.25) is 14.9 Å². The van der Waals surface area contributed by atoms with E-state index < -0.39 is 4.92 Å². The smallest absolute Gasteiger partial charge is 0.269 e. The number of carbonyl (C=O) groups is 1. The minimum atomic E-state index is -0.415. The van der Waals surface area contributed by atoms with E-state index in [9.17, 15) is 14.9 Å². The summed E-state index contributed by atoms with van der Waals surface area (Å²) in [6.07, 6.45) is 1.52. The van der Waals surface area contributed by atoms with Crippen LogP contribution in [0.5, 0.6) is 0 Å². The van der Waals surface area contributed by atoms with Crippen LogP contribution in [0.25, 0.3) is 0 Å². The first-order chi connectivity index (χ1) is 12.6. The maximum atomic E-state index is 11.8. The van der Waals surface area contributed by atoms with Crippen LogP contribution in [0.1, 0.15) is 24.0 Å². The van der Waals surface area contributed by atoms with E-state index in [-0.39, 0.29) is 11.6 Å². The Bertz CT molecular complexity index is 805. The van der Waals surface area contributed by atoms with E-state index in [0.717, 1.165) is 35.5 Å². The lowest BCUT2D eigenvalue weighted by Crippen LogP contribution is -2.23. The van der Waals surface area contributed by atoms with Gasteiger partial charge >= 0.3 is 0 Å². The molecule has 0 radical (unpaired) electrons. The third-order valence-corrected chi connectivity index (χ3v) is 4.40. The van der Waals surface area contributed by atoms with Gasteiger partial charge in [0.2, 0.25) is 5.91 Å². The summed E-state index contributed by atoms with van der Waals surface area (Å²) in [6, 6.07) is 12.6. The second-order valence-corrected chi connectivity index (χ2v) is 6.20. The fraction of sp³-hybridized carbons (Fsp3) is 0.316. The molecule has 1 heterocycles. The first kappa shape index (κ1) is 17.9. The third-order valence-electron chi connectivity index (χ3n) is 4.40. The molecule has 7 heteroatoms. The number of nitrogens with zero attached hydrogens (tertiary/aromatic N) is 2. The highest BCUT2D eigenvalue weighted by Crippen LogP contribution is 2.25. The van der Waals surface area contributed by atoms with Crippen LogP contribution in [0.2, 0.25) is 0 Å². The molecule has 1 aliphatic heterocycles. The number of nitrogens with one attached hydrogen (secondary N) is 1. The predicted octanol–water partition coefficient (Wildman–Crippen LogP) is 3.48. The molecule has 2 aromatic carbocycles. The fourth-order valence-electron chi connectivity index (χ4n) is 3.05. The number of nitro groups is 1. The molecule has 0 aromatic heterocycles. The van der Waals surface area contributed by atoms with Gasteiger partial charge in [-0.05, 0) is 30.2 Å². The zero-order chi connectivity index (χ0) is 18.5. The molecule has 1 fully saturated rings. The third kappa shape index (κ3) is 4.00. The van der Waals surface area contributed by atoms with Crippen LogP contribution in [-0.2, 0) is 22.7 Å². The lowest BCUT2D eigenvalue weighted by atomic mass is 10.1. The number of non-ortho nitro benzene ring substituents is 1. The van der Waals surface area contributed by atoms with Gasteiger partial charge in [0.1, 0.15) is 0 Å². The molecule has 0 bridgehead atoms. The monoisotopic (exact) mass is 355 g/mol. The Morgan fingerprint density at radius 1 is 1.23 bits per heavy atom. The summed E-state index contributed by atoms with van der Waals surface area (Å²) >= 11 is 0. The van der Waals surface area contributed by atoms with Crippen molar-refractivity contribution in [3.05, 3.63) is 63.7 Å². The van der Waals surface area contributed by atoms with E-state index in [2.05, 4.69) is 5.32 Å². The van der Waals surface area contributed by atoms with Crippen molar-refractivity contribution < 1.29 is 14.5 Å². The minimum Gasteiger partial charge on any atom is -0.381 e. The summed E-state index contributed by atoms with van der Waals surface area (Å²) in [4.78, 5) is 24.1. The lowest BCUT2D eigenvalue weighted by molar-refractivity contribution is -0.384. The Kier molecular flexibility index (Phi) is 5.48. The van der Waals surface area contributed by atoms with Gasteiger partial charge in [-0.15, -0.1) is 0 Å². The van der Waals surface area contributed by atoms with E-state index in [0.29, 0.717) is 19.6 Å². The van der Waals surface area contributed by atoms with Crippen molar-refractivity contribution in [2.45, 2.75) is 26.0 Å². The normalized spacial score (nSPS) is 13.9. The SMILES string of the molecule is COCc1cc([N+](=O)[O-])ccc1NCc1ccc(N2CCCC2=O)cc1. The van der Waals surface area contributed by atoms with Crippen LogP contribution in [-0.4, -0.2) is 24.5 Å². The Labute approximate surface area is 151 Å². The molecule has 2 aromatic rings. The molecule has 3 rings (SSSR count). The fourth-order valence-corrected chi connectivity index (χ4v) is 3.05. The summed E-state index contributed by atoms with van der Waals surface area (Å²) < 4.78 is 5.14. The topological polar surface area (TPSA) is 84.7 Å². The Balaban J connectivity index is 1.68. The van der Waals surface area contributed by atoms with Crippen molar-refractivity contribution in [1.82, 2.24) is 0 Å². The number of hydrogen-bond donors (Lipinski definition) is 1. The number of hydrogen-bond acceptors (Lipinski definition) is 5. The van der Waals surface area contributed by atoms with Crippen LogP contribution in [0.3, 0.4) is 0 Å². The highest BCUT2D eigenvalue weighted by molar-refractivity contribution is 5.95. The zero-order valence-electron chi connectivity index (χ0n) is 14.6. The number of rotatable bonds is 7. The Hall–Kier alpha value is -2.93. The largest absolute Gasteiger partial charge is 0.381 e. The average molecular weight is 355 g/mol. The number of ether oxygens (including phenoxy) is 1. The Morgan fingerprint density at radius 3 is 2.62 bits per heavy atom. The standard InChI is InChI=1S/C19H21N3O4/c1-26-13-15-11-17(22(24)25)8-9-18(15)20-12-14-4-6-16(7-5-14)21-10-2-3-19(21)23/h4-9,11,20H,2-3,10,12-13H2,1H3. The van der Waals surface area contributed by atoms with Crippen LogP contribution in [0.4, 0.5) is 17.1 Å². The number of benzene rings is 2. The maximum absolute atomic E-state index is 11.8. The molecule has 1 amide bonds. The van der Waals surface area contributed by atoms with Gasteiger partial charge in [-0.25, -0.2) is 0 Å². The second-order valence-electron chi connectivity index (χ2n) is 6.20. The molecule has 136 valence electrons. The summed E-state index contributed by atoms with van der Waals surface area (Å²) in [5, 5.41) is 14.2. The van der Waals surface area contributed by atoms with Gasteiger partial charge < -0.3 is 15.0 Å². The van der Waals surface area contributed by atoms with Crippen molar-refractivity contribution in [1.29, 1.82) is 0 Å². The molecule has 26 heavy (non-hydrogen) atoms. The van der Waals surface area contributed by atoms with Gasteiger partial charge in [-0.1, -0.05) is 12.1 Å². The van der Waals surface area contributed by atoms with Crippen LogP contribution < -0.4 is 10.2 Å². The highest BCUT2D eigenvalue weighted by Gasteiger charge is 2.21. The van der Waals surface area contributed by atoms with Crippen molar-refractivity contribution >= 4 is 23.0 Å². The quantitative estimate of drug-likeness (QED) is 0.607. The van der Waals surface area contributed by atoms with Gasteiger partial charge in [0.15, 0.2) is 0 Å².